The number of aliphatic hydroxyl groups excluding tert-OH is 1. The number of aliphatic imine (C=N–C) groups is 1. The summed E-state index contributed by atoms with van der Waals surface area (Å²) < 4.78 is 0. The molecule has 1 aliphatic heterocycles. The zero-order valence-corrected chi connectivity index (χ0v) is 18.0. The number of nitrogens with one attached hydrogen (secondary N) is 2. The maximum absolute atomic E-state index is 10.3. The molecule has 24 heavy (non-hydrogen) atoms. The van der Waals surface area contributed by atoms with Gasteiger partial charge in [0.15, 0.2) is 5.96 Å². The molecule has 0 radical (unpaired) electrons. The van der Waals surface area contributed by atoms with Crippen molar-refractivity contribution in [2.75, 3.05) is 39.8 Å². The highest BCUT2D eigenvalue weighted by atomic mass is 127. The molecule has 0 bridgehead atoms. The molecule has 5 nitrogen and oxygen atoms in total. The van der Waals surface area contributed by atoms with Crippen LogP contribution in [0, 0.1) is 11.3 Å². The fourth-order valence-corrected chi connectivity index (χ4v) is 3.85. The lowest BCUT2D eigenvalue weighted by atomic mass is 9.73. The van der Waals surface area contributed by atoms with Crippen LogP contribution in [-0.2, 0) is 0 Å². The summed E-state index contributed by atoms with van der Waals surface area (Å²) in [5, 5.41) is 17.2. The van der Waals surface area contributed by atoms with E-state index in [1.165, 1.54) is 32.4 Å². The third kappa shape index (κ3) is 6.67. The van der Waals surface area contributed by atoms with Gasteiger partial charge in [0.05, 0.1) is 12.6 Å². The van der Waals surface area contributed by atoms with Gasteiger partial charge in [-0.1, -0.05) is 19.8 Å². The first kappa shape index (κ1) is 22.0. The summed E-state index contributed by atoms with van der Waals surface area (Å²) >= 11 is 0. The van der Waals surface area contributed by atoms with Crippen molar-refractivity contribution in [1.82, 2.24) is 15.5 Å². The number of hydrogen-bond acceptors (Lipinski definition) is 3. The van der Waals surface area contributed by atoms with Crippen molar-refractivity contribution in [2.24, 2.45) is 16.3 Å². The van der Waals surface area contributed by atoms with Gasteiger partial charge in [-0.05, 0) is 52.1 Å². The number of hydrogen-bond donors (Lipinski definition) is 3. The quantitative estimate of drug-likeness (QED) is 0.341. The first-order chi connectivity index (χ1) is 11.0. The smallest absolute Gasteiger partial charge is 0.191 e. The lowest BCUT2D eigenvalue weighted by Gasteiger charge is -2.37. The second kappa shape index (κ2) is 10.8. The van der Waals surface area contributed by atoms with E-state index < -0.39 is 0 Å². The summed E-state index contributed by atoms with van der Waals surface area (Å²) in [5.74, 6) is 1.60. The number of nitrogens with zero attached hydrogens (tertiary/aromatic N) is 2. The van der Waals surface area contributed by atoms with E-state index in [1.807, 2.05) is 0 Å². The Morgan fingerprint density at radius 2 is 2.04 bits per heavy atom. The molecule has 3 unspecified atom stereocenters. The molecule has 0 aromatic rings. The van der Waals surface area contributed by atoms with Gasteiger partial charge in [-0.15, -0.1) is 24.0 Å². The second-order valence-electron chi connectivity index (χ2n) is 7.76. The Labute approximate surface area is 165 Å². The van der Waals surface area contributed by atoms with Gasteiger partial charge in [0, 0.05) is 25.0 Å². The minimum absolute atomic E-state index is 0. The number of aliphatic hydroxyl groups is 1. The van der Waals surface area contributed by atoms with Crippen molar-refractivity contribution in [3.63, 3.8) is 0 Å². The third-order valence-electron chi connectivity index (χ3n) is 5.50. The average Bonchev–Trinajstić information content (AvgIpc) is 2.53. The van der Waals surface area contributed by atoms with Crippen LogP contribution < -0.4 is 10.6 Å². The fraction of sp³-hybridized carbons (Fsp3) is 0.944. The highest BCUT2D eigenvalue weighted by Crippen LogP contribution is 2.36. The number of likely N-dealkylation sites (tertiary alicyclic amines) is 1. The van der Waals surface area contributed by atoms with Crippen molar-refractivity contribution in [3.8, 4) is 0 Å². The van der Waals surface area contributed by atoms with Crippen molar-refractivity contribution in [1.29, 1.82) is 0 Å². The number of piperidine rings is 1. The highest BCUT2D eigenvalue weighted by Gasteiger charge is 2.35. The molecule has 2 aliphatic rings. The van der Waals surface area contributed by atoms with E-state index in [-0.39, 0.29) is 35.5 Å². The predicted octanol–water partition coefficient (Wildman–Crippen LogP) is 2.44. The molecular weight excluding hydrogens is 415 g/mol. The fourth-order valence-electron chi connectivity index (χ4n) is 3.85. The van der Waals surface area contributed by atoms with E-state index in [1.54, 1.807) is 0 Å². The molecule has 0 amide bonds. The monoisotopic (exact) mass is 452 g/mol. The lowest BCUT2D eigenvalue weighted by molar-refractivity contribution is 0.00716. The van der Waals surface area contributed by atoms with Crippen LogP contribution in [-0.4, -0.2) is 61.8 Å². The molecule has 6 heteroatoms. The molecule has 1 aliphatic carbocycles. The van der Waals surface area contributed by atoms with Gasteiger partial charge in [-0.2, -0.15) is 0 Å². The maximum Gasteiger partial charge on any atom is 0.191 e. The number of halogens is 1. The Hall–Kier alpha value is -0.0800. The number of guanidine groups is 1. The van der Waals surface area contributed by atoms with Gasteiger partial charge in [0.2, 0.25) is 0 Å². The zero-order chi connectivity index (χ0) is 16.7. The molecule has 1 saturated carbocycles. The van der Waals surface area contributed by atoms with Crippen molar-refractivity contribution >= 4 is 29.9 Å². The van der Waals surface area contributed by atoms with Crippen molar-refractivity contribution in [3.05, 3.63) is 0 Å². The van der Waals surface area contributed by atoms with Crippen LogP contribution in [0.4, 0.5) is 0 Å². The van der Waals surface area contributed by atoms with Crippen LogP contribution in [0.15, 0.2) is 4.99 Å². The van der Waals surface area contributed by atoms with Gasteiger partial charge in [-0.3, -0.25) is 4.99 Å². The molecule has 1 heterocycles. The van der Waals surface area contributed by atoms with Crippen LogP contribution in [0.25, 0.3) is 0 Å². The summed E-state index contributed by atoms with van der Waals surface area (Å²) in [6.07, 6.45) is 6.73. The minimum atomic E-state index is -0.213. The molecule has 0 aromatic heterocycles. The average molecular weight is 452 g/mol. The van der Waals surface area contributed by atoms with Gasteiger partial charge in [0.1, 0.15) is 0 Å². The van der Waals surface area contributed by atoms with Crippen LogP contribution >= 0.6 is 24.0 Å². The molecule has 2 rings (SSSR count). The maximum atomic E-state index is 10.3. The van der Waals surface area contributed by atoms with Crippen LogP contribution in [0.3, 0.4) is 0 Å². The van der Waals surface area contributed by atoms with E-state index >= 15 is 0 Å². The summed E-state index contributed by atoms with van der Waals surface area (Å²) in [5.41, 5.74) is -0.0638. The summed E-state index contributed by atoms with van der Waals surface area (Å²) in [6, 6.07) is 0. The minimum Gasteiger partial charge on any atom is -0.392 e. The molecule has 2 fully saturated rings. The first-order valence-electron chi connectivity index (χ1n) is 9.42. The molecule has 0 aromatic carbocycles. The second-order valence-corrected chi connectivity index (χ2v) is 7.76. The SMILES string of the molecule is CCNC(=NCC1(C)CCCCC1O)NCC1CCCN(C)C1.I. The van der Waals surface area contributed by atoms with E-state index in [0.29, 0.717) is 12.5 Å². The topological polar surface area (TPSA) is 59.9 Å². The largest absolute Gasteiger partial charge is 0.392 e. The van der Waals surface area contributed by atoms with Crippen LogP contribution in [0.5, 0.6) is 0 Å². The predicted molar refractivity (Wildman–Crippen MR) is 112 cm³/mol. The molecule has 3 N–H and O–H groups in total. The normalized spacial score (nSPS) is 32.1. The standard InChI is InChI=1S/C18H36N4O.HI/c1-4-19-17(20-12-15-8-7-11-22(3)13-15)21-14-18(2)10-6-5-9-16(18)23;/h15-16,23H,4-14H2,1-3H3,(H2,19,20,21);1H. The van der Waals surface area contributed by atoms with Gasteiger partial charge < -0.3 is 20.6 Å². The van der Waals surface area contributed by atoms with Crippen LogP contribution in [0.1, 0.15) is 52.4 Å². The highest BCUT2D eigenvalue weighted by molar-refractivity contribution is 14.0. The number of rotatable bonds is 5. The Balaban J connectivity index is 0.00000288. The van der Waals surface area contributed by atoms with Gasteiger partial charge in [0.25, 0.3) is 0 Å². The summed E-state index contributed by atoms with van der Waals surface area (Å²) in [7, 11) is 2.21. The van der Waals surface area contributed by atoms with E-state index in [4.69, 9.17) is 4.99 Å². The van der Waals surface area contributed by atoms with Gasteiger partial charge in [-0.25, -0.2) is 0 Å². The third-order valence-corrected chi connectivity index (χ3v) is 5.50. The zero-order valence-electron chi connectivity index (χ0n) is 15.7. The lowest BCUT2D eigenvalue weighted by Crippen LogP contribution is -2.45. The molecule has 1 saturated heterocycles. The summed E-state index contributed by atoms with van der Waals surface area (Å²) in [4.78, 5) is 7.20. The molecular formula is C18H37IN4O. The van der Waals surface area contributed by atoms with E-state index in [9.17, 15) is 5.11 Å². The molecule has 3 atom stereocenters. The van der Waals surface area contributed by atoms with Gasteiger partial charge >= 0.3 is 0 Å². The molecule has 142 valence electrons. The van der Waals surface area contributed by atoms with Crippen molar-refractivity contribution < 1.29 is 5.11 Å². The Bertz CT molecular complexity index is 393. The Morgan fingerprint density at radius 3 is 2.71 bits per heavy atom. The Morgan fingerprint density at radius 1 is 1.25 bits per heavy atom. The Kier molecular flexibility index (Phi) is 9.89. The molecule has 0 spiro atoms. The van der Waals surface area contributed by atoms with Crippen molar-refractivity contribution in [2.45, 2.75) is 58.5 Å². The van der Waals surface area contributed by atoms with E-state index in [2.05, 4.69) is 36.4 Å². The van der Waals surface area contributed by atoms with E-state index in [0.717, 1.165) is 38.3 Å². The summed E-state index contributed by atoms with van der Waals surface area (Å²) in [6.45, 7) is 9.23. The van der Waals surface area contributed by atoms with Crippen LogP contribution in [0.2, 0.25) is 0 Å². The first-order valence-corrected chi connectivity index (χ1v) is 9.42.